The summed E-state index contributed by atoms with van der Waals surface area (Å²) in [6.45, 7) is 1.95. The van der Waals surface area contributed by atoms with E-state index in [2.05, 4.69) is 5.32 Å². The second kappa shape index (κ2) is 7.52. The van der Waals surface area contributed by atoms with Crippen LogP contribution in [-0.4, -0.2) is 35.7 Å². The fourth-order valence-electron chi connectivity index (χ4n) is 3.55. The summed E-state index contributed by atoms with van der Waals surface area (Å²) in [5.74, 6) is -2.27. The Balaban J connectivity index is 1.85. The largest absolute Gasteiger partial charge is 0.416 e. The van der Waals surface area contributed by atoms with E-state index in [4.69, 9.17) is 0 Å². The van der Waals surface area contributed by atoms with Crippen molar-refractivity contribution in [3.63, 3.8) is 0 Å². The highest BCUT2D eigenvalue weighted by molar-refractivity contribution is 5.94. The maximum Gasteiger partial charge on any atom is 0.416 e. The molecule has 0 saturated carbocycles. The lowest BCUT2D eigenvalue weighted by Gasteiger charge is -2.22. The lowest BCUT2D eigenvalue weighted by atomic mass is 9.87. The van der Waals surface area contributed by atoms with Crippen molar-refractivity contribution in [2.75, 3.05) is 18.9 Å². The standard InChI is InChI=1S/C20H20F4N2O2/c1-11-9-14(21)7-8-16(11)25-18(27)17-15(10-26(2)19(17)28)12-3-5-13(6-4-12)20(22,23)24/h3-9,15,17,19,28H,10H2,1-2H3,(H,25,27)/t15-,17+,19?/m1/s1. The van der Waals surface area contributed by atoms with Gasteiger partial charge >= 0.3 is 6.18 Å². The van der Waals surface area contributed by atoms with Crippen LogP contribution >= 0.6 is 0 Å². The van der Waals surface area contributed by atoms with Gasteiger partial charge in [0.2, 0.25) is 5.91 Å². The number of likely N-dealkylation sites (tertiary alicyclic amines) is 1. The number of carbonyl (C=O) groups is 1. The topological polar surface area (TPSA) is 52.6 Å². The number of hydrogen-bond donors (Lipinski definition) is 2. The highest BCUT2D eigenvalue weighted by Gasteiger charge is 2.44. The number of hydrogen-bond acceptors (Lipinski definition) is 3. The molecular weight excluding hydrogens is 376 g/mol. The number of alkyl halides is 3. The minimum Gasteiger partial charge on any atom is -0.378 e. The summed E-state index contributed by atoms with van der Waals surface area (Å²) < 4.78 is 51.6. The number of amides is 1. The number of benzene rings is 2. The minimum atomic E-state index is -4.44. The molecule has 1 aliphatic rings. The first-order valence-corrected chi connectivity index (χ1v) is 8.70. The van der Waals surface area contributed by atoms with Gasteiger partial charge in [-0.1, -0.05) is 12.1 Å². The molecule has 0 aromatic heterocycles. The van der Waals surface area contributed by atoms with Crippen molar-refractivity contribution >= 4 is 11.6 Å². The first-order chi connectivity index (χ1) is 13.1. The van der Waals surface area contributed by atoms with Crippen LogP contribution in [0.4, 0.5) is 23.2 Å². The van der Waals surface area contributed by atoms with Gasteiger partial charge in [-0.15, -0.1) is 0 Å². The highest BCUT2D eigenvalue weighted by atomic mass is 19.4. The Morgan fingerprint density at radius 1 is 1.18 bits per heavy atom. The van der Waals surface area contributed by atoms with Gasteiger partial charge in [-0.25, -0.2) is 4.39 Å². The molecular formula is C20H20F4N2O2. The van der Waals surface area contributed by atoms with E-state index in [0.717, 1.165) is 12.1 Å². The molecule has 1 heterocycles. The van der Waals surface area contributed by atoms with Crippen LogP contribution in [-0.2, 0) is 11.0 Å². The molecule has 28 heavy (non-hydrogen) atoms. The Labute approximate surface area is 159 Å². The van der Waals surface area contributed by atoms with Gasteiger partial charge in [-0.2, -0.15) is 13.2 Å². The summed E-state index contributed by atoms with van der Waals surface area (Å²) in [5.41, 5.74) is 0.707. The molecule has 150 valence electrons. The number of aliphatic hydroxyl groups excluding tert-OH is 1. The number of rotatable bonds is 3. The Morgan fingerprint density at radius 3 is 2.39 bits per heavy atom. The summed E-state index contributed by atoms with van der Waals surface area (Å²) in [7, 11) is 1.64. The first-order valence-electron chi connectivity index (χ1n) is 8.70. The SMILES string of the molecule is Cc1cc(F)ccc1NC(=O)[C@H]1C(O)N(C)C[C@@H]1c1ccc(C(F)(F)F)cc1. The fraction of sp³-hybridized carbons (Fsp3) is 0.350. The van der Waals surface area contributed by atoms with Gasteiger partial charge in [0.15, 0.2) is 0 Å². The molecule has 2 aromatic rings. The average molecular weight is 396 g/mol. The van der Waals surface area contributed by atoms with Crippen LogP contribution in [0.25, 0.3) is 0 Å². The van der Waals surface area contributed by atoms with E-state index < -0.39 is 41.5 Å². The molecule has 4 nitrogen and oxygen atoms in total. The molecule has 0 aliphatic carbocycles. The summed E-state index contributed by atoms with van der Waals surface area (Å²) >= 11 is 0. The molecule has 2 N–H and O–H groups in total. The van der Waals surface area contributed by atoms with Crippen LogP contribution in [0.1, 0.15) is 22.6 Å². The second-order valence-electron chi connectivity index (χ2n) is 7.05. The molecule has 8 heteroatoms. The highest BCUT2D eigenvalue weighted by Crippen LogP contribution is 2.38. The van der Waals surface area contributed by atoms with Crippen LogP contribution < -0.4 is 5.32 Å². The predicted octanol–water partition coefficient (Wildman–Crippen LogP) is 3.76. The van der Waals surface area contributed by atoms with E-state index in [1.807, 2.05) is 0 Å². The van der Waals surface area contributed by atoms with Gasteiger partial charge in [0.1, 0.15) is 12.0 Å². The van der Waals surface area contributed by atoms with Gasteiger partial charge in [0, 0.05) is 18.2 Å². The van der Waals surface area contributed by atoms with Crippen molar-refractivity contribution < 1.29 is 27.5 Å². The van der Waals surface area contributed by atoms with Crippen molar-refractivity contribution in [3.8, 4) is 0 Å². The molecule has 1 aliphatic heterocycles. The van der Waals surface area contributed by atoms with E-state index in [-0.39, 0.29) is 0 Å². The van der Waals surface area contributed by atoms with E-state index in [0.29, 0.717) is 23.4 Å². The molecule has 1 unspecified atom stereocenters. The molecule has 3 atom stereocenters. The van der Waals surface area contributed by atoms with Crippen LogP contribution in [0.15, 0.2) is 42.5 Å². The van der Waals surface area contributed by atoms with Crippen LogP contribution in [0.3, 0.4) is 0 Å². The molecule has 0 radical (unpaired) electrons. The van der Waals surface area contributed by atoms with Gasteiger partial charge < -0.3 is 10.4 Å². The smallest absolute Gasteiger partial charge is 0.378 e. The monoisotopic (exact) mass is 396 g/mol. The summed E-state index contributed by atoms with van der Waals surface area (Å²) in [5, 5.41) is 13.2. The number of carbonyl (C=O) groups excluding carboxylic acids is 1. The summed E-state index contributed by atoms with van der Waals surface area (Å²) in [6.07, 6.45) is -5.53. The number of halogens is 4. The van der Waals surface area contributed by atoms with E-state index >= 15 is 0 Å². The zero-order valence-corrected chi connectivity index (χ0v) is 15.3. The van der Waals surface area contributed by atoms with E-state index in [1.165, 1.54) is 30.3 Å². The van der Waals surface area contributed by atoms with Gasteiger partial charge in [-0.3, -0.25) is 9.69 Å². The lowest BCUT2D eigenvalue weighted by Crippen LogP contribution is -2.36. The van der Waals surface area contributed by atoms with Crippen LogP contribution in [0.2, 0.25) is 0 Å². The maximum atomic E-state index is 13.3. The number of aryl methyl sites for hydroxylation is 1. The third-order valence-electron chi connectivity index (χ3n) is 5.11. The Morgan fingerprint density at radius 2 is 1.82 bits per heavy atom. The summed E-state index contributed by atoms with van der Waals surface area (Å²) in [6, 6.07) is 8.54. The number of nitrogens with one attached hydrogen (secondary N) is 1. The van der Waals surface area contributed by atoms with Gasteiger partial charge in [-0.05, 0) is 55.4 Å². The first kappa shape index (κ1) is 20.3. The Bertz CT molecular complexity index is 867. The number of anilines is 1. The Kier molecular flexibility index (Phi) is 5.45. The normalized spacial score (nSPS) is 23.0. The maximum absolute atomic E-state index is 13.3. The number of aliphatic hydroxyl groups is 1. The third kappa shape index (κ3) is 4.02. The lowest BCUT2D eigenvalue weighted by molar-refractivity contribution is -0.137. The molecule has 1 fully saturated rings. The van der Waals surface area contributed by atoms with Crippen molar-refractivity contribution in [1.82, 2.24) is 4.90 Å². The molecule has 1 saturated heterocycles. The predicted molar refractivity (Wildman–Crippen MR) is 96.1 cm³/mol. The molecule has 1 amide bonds. The molecule has 0 spiro atoms. The molecule has 2 aromatic carbocycles. The zero-order valence-electron chi connectivity index (χ0n) is 15.3. The van der Waals surface area contributed by atoms with E-state index in [1.54, 1.807) is 18.9 Å². The second-order valence-corrected chi connectivity index (χ2v) is 7.05. The van der Waals surface area contributed by atoms with Gasteiger partial charge in [0.05, 0.1) is 11.5 Å². The minimum absolute atomic E-state index is 0.313. The van der Waals surface area contributed by atoms with Crippen molar-refractivity contribution in [3.05, 3.63) is 65.0 Å². The number of likely N-dealkylation sites (N-methyl/N-ethyl adjacent to an activating group) is 1. The van der Waals surface area contributed by atoms with Crippen LogP contribution in [0.5, 0.6) is 0 Å². The quantitative estimate of drug-likeness (QED) is 0.777. The van der Waals surface area contributed by atoms with Gasteiger partial charge in [0.25, 0.3) is 0 Å². The average Bonchev–Trinajstić information content (AvgIpc) is 2.92. The van der Waals surface area contributed by atoms with E-state index in [9.17, 15) is 27.5 Å². The molecule has 0 bridgehead atoms. The number of nitrogens with zero attached hydrogens (tertiary/aromatic N) is 1. The summed E-state index contributed by atoms with van der Waals surface area (Å²) in [4.78, 5) is 14.4. The van der Waals surface area contributed by atoms with Crippen LogP contribution in [0, 0.1) is 18.7 Å². The van der Waals surface area contributed by atoms with Crippen molar-refractivity contribution in [2.45, 2.75) is 25.2 Å². The molecule has 3 rings (SSSR count). The zero-order chi connectivity index (χ0) is 20.6. The Hall–Kier alpha value is -2.45. The third-order valence-corrected chi connectivity index (χ3v) is 5.11. The fourth-order valence-corrected chi connectivity index (χ4v) is 3.55. The van der Waals surface area contributed by atoms with Crippen molar-refractivity contribution in [2.24, 2.45) is 5.92 Å². The van der Waals surface area contributed by atoms with Crippen molar-refractivity contribution in [1.29, 1.82) is 0 Å².